The normalized spacial score (nSPS) is 14.3. The minimum atomic E-state index is -3.73. The summed E-state index contributed by atoms with van der Waals surface area (Å²) >= 11 is 0. The molecule has 0 spiro atoms. The number of hydrogen-bond acceptors (Lipinski definition) is 7. The number of fused-ring (bicyclic) bond motifs is 1. The van der Waals surface area contributed by atoms with Gasteiger partial charge >= 0.3 is 0 Å². The predicted molar refractivity (Wildman–Crippen MR) is 133 cm³/mol. The zero-order valence-electron chi connectivity index (χ0n) is 19.4. The van der Waals surface area contributed by atoms with E-state index in [0.717, 1.165) is 16.9 Å². The van der Waals surface area contributed by atoms with Gasteiger partial charge in [-0.25, -0.2) is 18.4 Å². The molecule has 5 rings (SSSR count). The highest BCUT2D eigenvalue weighted by Gasteiger charge is 2.26. The van der Waals surface area contributed by atoms with E-state index in [1.54, 1.807) is 52.2 Å². The number of carbonyl (C=O) groups excluding carboxylic acids is 1. The highest BCUT2D eigenvalue weighted by atomic mass is 32.2. The number of piperazine rings is 1. The lowest BCUT2D eigenvalue weighted by molar-refractivity contribution is 0.0746. The summed E-state index contributed by atoms with van der Waals surface area (Å²) in [5.41, 5.74) is 1.79. The molecule has 0 saturated carbocycles. The number of benzene rings is 2. The molecular weight excluding hydrogens is 466 g/mol. The van der Waals surface area contributed by atoms with Crippen molar-refractivity contribution in [3.05, 3.63) is 72.7 Å². The maximum Gasteiger partial charge on any atom is 0.264 e. The van der Waals surface area contributed by atoms with Gasteiger partial charge in [0.25, 0.3) is 15.9 Å². The summed E-state index contributed by atoms with van der Waals surface area (Å²) < 4.78 is 28.9. The van der Waals surface area contributed by atoms with Crippen molar-refractivity contribution in [3.63, 3.8) is 0 Å². The van der Waals surface area contributed by atoms with Crippen LogP contribution in [-0.4, -0.2) is 72.2 Å². The van der Waals surface area contributed by atoms with E-state index in [2.05, 4.69) is 20.0 Å². The maximum atomic E-state index is 13.1. The van der Waals surface area contributed by atoms with Crippen molar-refractivity contribution in [2.45, 2.75) is 4.90 Å². The van der Waals surface area contributed by atoms with Crippen LogP contribution in [0.2, 0.25) is 0 Å². The molecule has 0 unspecified atom stereocenters. The van der Waals surface area contributed by atoms with E-state index >= 15 is 0 Å². The van der Waals surface area contributed by atoms with Gasteiger partial charge in [0.2, 0.25) is 0 Å². The first kappa shape index (κ1) is 22.8. The van der Waals surface area contributed by atoms with Gasteiger partial charge in [-0.2, -0.15) is 5.10 Å². The molecule has 3 heterocycles. The highest BCUT2D eigenvalue weighted by molar-refractivity contribution is 7.92. The standard InChI is InChI=1S/C24H25N7O3S/c1-28-22-21(16-27-28)23(26-17-25-22)30-12-14-31(15-13-30)24(32)18-8-10-20(11-9-18)35(33,34)29(2)19-6-4-3-5-7-19/h3-11,16-17H,12-15H2,1-2H3. The van der Waals surface area contributed by atoms with Gasteiger partial charge in [0.15, 0.2) is 5.65 Å². The topological polar surface area (TPSA) is 105 Å². The van der Waals surface area contributed by atoms with E-state index in [4.69, 9.17) is 0 Å². The number of anilines is 2. The zero-order valence-corrected chi connectivity index (χ0v) is 20.3. The van der Waals surface area contributed by atoms with Gasteiger partial charge in [0, 0.05) is 45.8 Å². The van der Waals surface area contributed by atoms with Crippen molar-refractivity contribution in [2.75, 3.05) is 42.4 Å². The fourth-order valence-corrected chi connectivity index (χ4v) is 5.41. The molecule has 0 radical (unpaired) electrons. The molecule has 0 bridgehead atoms. The first-order valence-corrected chi connectivity index (χ1v) is 12.6. The number of amides is 1. The second kappa shape index (κ2) is 8.99. The minimum absolute atomic E-state index is 0.126. The Hall–Kier alpha value is -3.99. The highest BCUT2D eigenvalue weighted by Crippen LogP contribution is 2.25. The van der Waals surface area contributed by atoms with E-state index < -0.39 is 10.0 Å². The SMILES string of the molecule is CN(c1ccccc1)S(=O)(=O)c1ccc(C(=O)N2CCN(c3ncnc4c3cnn4C)CC2)cc1. The Morgan fingerprint density at radius 3 is 2.31 bits per heavy atom. The fourth-order valence-electron chi connectivity index (χ4n) is 4.21. The van der Waals surface area contributed by atoms with Crippen LogP contribution in [0.15, 0.2) is 72.0 Å². The lowest BCUT2D eigenvalue weighted by atomic mass is 10.2. The van der Waals surface area contributed by atoms with Crippen LogP contribution in [0.1, 0.15) is 10.4 Å². The van der Waals surface area contributed by atoms with Crippen LogP contribution < -0.4 is 9.21 Å². The molecule has 4 aromatic rings. The number of para-hydroxylation sites is 1. The van der Waals surface area contributed by atoms with Gasteiger partial charge in [-0.15, -0.1) is 0 Å². The van der Waals surface area contributed by atoms with Gasteiger partial charge in [-0.05, 0) is 36.4 Å². The molecule has 1 aliphatic rings. The van der Waals surface area contributed by atoms with Crippen molar-refractivity contribution >= 4 is 38.5 Å². The van der Waals surface area contributed by atoms with Crippen molar-refractivity contribution < 1.29 is 13.2 Å². The molecule has 2 aromatic carbocycles. The van der Waals surface area contributed by atoms with Gasteiger partial charge in [0.05, 0.1) is 22.2 Å². The first-order chi connectivity index (χ1) is 16.9. The van der Waals surface area contributed by atoms with Crippen LogP contribution in [0.4, 0.5) is 11.5 Å². The molecule has 1 amide bonds. The summed E-state index contributed by atoms with van der Waals surface area (Å²) in [6.45, 7) is 2.31. The van der Waals surface area contributed by atoms with Crippen molar-refractivity contribution in [1.29, 1.82) is 0 Å². The third kappa shape index (κ3) is 4.18. The Morgan fingerprint density at radius 1 is 0.943 bits per heavy atom. The predicted octanol–water partition coefficient (Wildman–Crippen LogP) is 2.15. The average Bonchev–Trinajstić information content (AvgIpc) is 3.29. The molecule has 1 aliphatic heterocycles. The van der Waals surface area contributed by atoms with Crippen LogP contribution in [-0.2, 0) is 17.1 Å². The van der Waals surface area contributed by atoms with E-state index in [0.29, 0.717) is 37.4 Å². The lowest BCUT2D eigenvalue weighted by Crippen LogP contribution is -2.49. The zero-order chi connectivity index (χ0) is 24.6. The molecule has 11 heteroatoms. The lowest BCUT2D eigenvalue weighted by Gasteiger charge is -2.35. The summed E-state index contributed by atoms with van der Waals surface area (Å²) in [5.74, 6) is 0.687. The van der Waals surface area contributed by atoms with E-state index in [1.165, 1.54) is 29.8 Å². The summed E-state index contributed by atoms with van der Waals surface area (Å²) in [6, 6.07) is 15.0. The Kier molecular flexibility index (Phi) is 5.85. The molecular formula is C24H25N7O3S. The Morgan fingerprint density at radius 2 is 1.63 bits per heavy atom. The molecule has 1 fully saturated rings. The molecule has 10 nitrogen and oxygen atoms in total. The summed E-state index contributed by atoms with van der Waals surface area (Å²) in [4.78, 5) is 25.8. The van der Waals surface area contributed by atoms with Crippen LogP contribution >= 0.6 is 0 Å². The molecule has 2 aromatic heterocycles. The number of hydrogen-bond donors (Lipinski definition) is 0. The Labute approximate surface area is 203 Å². The average molecular weight is 492 g/mol. The van der Waals surface area contributed by atoms with Crippen LogP contribution in [0.5, 0.6) is 0 Å². The molecule has 0 aliphatic carbocycles. The van der Waals surface area contributed by atoms with Gasteiger partial charge < -0.3 is 9.80 Å². The third-order valence-electron chi connectivity index (χ3n) is 6.25. The quantitative estimate of drug-likeness (QED) is 0.421. The van der Waals surface area contributed by atoms with Crippen LogP contribution in [0.3, 0.4) is 0 Å². The number of aromatic nitrogens is 4. The van der Waals surface area contributed by atoms with Crippen molar-refractivity contribution in [2.24, 2.45) is 7.05 Å². The van der Waals surface area contributed by atoms with Crippen molar-refractivity contribution in [3.8, 4) is 0 Å². The summed E-state index contributed by atoms with van der Waals surface area (Å²) in [7, 11) is -0.377. The molecule has 35 heavy (non-hydrogen) atoms. The van der Waals surface area contributed by atoms with E-state index in [-0.39, 0.29) is 10.8 Å². The maximum absolute atomic E-state index is 13.1. The van der Waals surface area contributed by atoms with E-state index in [9.17, 15) is 13.2 Å². The minimum Gasteiger partial charge on any atom is -0.352 e. The number of aryl methyl sites for hydroxylation is 1. The number of nitrogens with zero attached hydrogens (tertiary/aromatic N) is 7. The summed E-state index contributed by atoms with van der Waals surface area (Å²) in [6.07, 6.45) is 3.29. The molecule has 180 valence electrons. The third-order valence-corrected chi connectivity index (χ3v) is 8.05. The number of carbonyl (C=O) groups is 1. The number of rotatable bonds is 5. The fraction of sp³-hybridized carbons (Fsp3) is 0.250. The summed E-state index contributed by atoms with van der Waals surface area (Å²) in [5, 5.41) is 5.15. The first-order valence-electron chi connectivity index (χ1n) is 11.2. The van der Waals surface area contributed by atoms with Gasteiger partial charge in [0.1, 0.15) is 12.1 Å². The van der Waals surface area contributed by atoms with Crippen molar-refractivity contribution in [1.82, 2.24) is 24.6 Å². The van der Waals surface area contributed by atoms with E-state index in [1.807, 2.05) is 13.1 Å². The smallest absolute Gasteiger partial charge is 0.264 e. The van der Waals surface area contributed by atoms with Gasteiger partial charge in [-0.3, -0.25) is 13.8 Å². The Bertz CT molecular complexity index is 1460. The molecule has 0 atom stereocenters. The Balaban J connectivity index is 1.27. The van der Waals surface area contributed by atoms with Crippen LogP contribution in [0, 0.1) is 0 Å². The largest absolute Gasteiger partial charge is 0.352 e. The molecule has 0 N–H and O–H groups in total. The monoisotopic (exact) mass is 491 g/mol. The number of sulfonamides is 1. The molecule has 1 saturated heterocycles. The van der Waals surface area contributed by atoms with Crippen LogP contribution in [0.25, 0.3) is 11.0 Å². The second-order valence-corrected chi connectivity index (χ2v) is 10.3. The van der Waals surface area contributed by atoms with Gasteiger partial charge in [-0.1, -0.05) is 18.2 Å². The second-order valence-electron chi connectivity index (χ2n) is 8.31.